The second kappa shape index (κ2) is 5.66. The van der Waals surface area contributed by atoms with Crippen LogP contribution in [0.1, 0.15) is 30.8 Å². The predicted octanol–water partition coefficient (Wildman–Crippen LogP) is 3.70. The molecule has 1 aliphatic heterocycles. The monoisotopic (exact) mass is 304 g/mol. The Morgan fingerprint density at radius 3 is 3.00 bits per heavy atom. The average molecular weight is 304 g/mol. The minimum atomic E-state index is -0.183. The van der Waals surface area contributed by atoms with Gasteiger partial charge in [-0.25, -0.2) is 4.98 Å². The molecular formula is C15H16N2OS2. The third-order valence-electron chi connectivity index (χ3n) is 3.29. The minimum Gasteiger partial charge on any atom is -0.298 e. The van der Waals surface area contributed by atoms with Crippen LogP contribution in [0, 0.1) is 0 Å². The Morgan fingerprint density at radius 2 is 2.30 bits per heavy atom. The summed E-state index contributed by atoms with van der Waals surface area (Å²) in [5.74, 6) is 0.889. The lowest BCUT2D eigenvalue weighted by Crippen LogP contribution is -2.14. The largest absolute Gasteiger partial charge is 0.298 e. The maximum atomic E-state index is 11.4. The number of aryl methyl sites for hydroxylation is 1. The number of benzene rings is 1. The minimum absolute atomic E-state index is 0.138. The molecule has 5 heteroatoms. The summed E-state index contributed by atoms with van der Waals surface area (Å²) in [5, 5.41) is 1.87. The Morgan fingerprint density at radius 1 is 1.45 bits per heavy atom. The third-order valence-corrected chi connectivity index (χ3v) is 5.50. The lowest BCUT2D eigenvalue weighted by Gasteiger charge is -1.96. The predicted molar refractivity (Wildman–Crippen MR) is 87.1 cm³/mol. The zero-order valence-corrected chi connectivity index (χ0v) is 13.2. The fraction of sp³-hybridized carbons (Fsp3) is 0.400. The van der Waals surface area contributed by atoms with Crippen molar-refractivity contribution in [2.45, 2.75) is 32.7 Å². The first-order valence-electron chi connectivity index (χ1n) is 6.78. The summed E-state index contributed by atoms with van der Waals surface area (Å²) in [6.45, 7) is 3.79. The van der Waals surface area contributed by atoms with Crippen molar-refractivity contribution in [1.29, 1.82) is 0 Å². The molecule has 0 amide bonds. The normalized spacial score (nSPS) is 18.5. The van der Waals surface area contributed by atoms with Crippen LogP contribution in [0.25, 0.3) is 10.2 Å². The summed E-state index contributed by atoms with van der Waals surface area (Å²) >= 11 is 3.31. The van der Waals surface area contributed by atoms with Gasteiger partial charge in [0.05, 0.1) is 10.2 Å². The van der Waals surface area contributed by atoms with E-state index in [0.717, 1.165) is 34.2 Å². The molecule has 0 saturated heterocycles. The van der Waals surface area contributed by atoms with Gasteiger partial charge >= 0.3 is 0 Å². The van der Waals surface area contributed by atoms with Crippen LogP contribution in [0.15, 0.2) is 23.2 Å². The maximum Gasteiger partial charge on any atom is 0.155 e. The zero-order chi connectivity index (χ0) is 14.1. The van der Waals surface area contributed by atoms with E-state index in [0.29, 0.717) is 0 Å². The number of thiazole rings is 1. The molecule has 1 aromatic heterocycles. The van der Waals surface area contributed by atoms with Crippen molar-refractivity contribution in [3.63, 3.8) is 0 Å². The number of Topliss-reactive ketones (excluding diaryl/α,β-unsaturated/α-hetero) is 1. The van der Waals surface area contributed by atoms with E-state index in [4.69, 9.17) is 0 Å². The van der Waals surface area contributed by atoms with Gasteiger partial charge in [-0.05, 0) is 31.0 Å². The summed E-state index contributed by atoms with van der Waals surface area (Å²) in [7, 11) is 0. The lowest BCUT2D eigenvalue weighted by atomic mass is 10.1. The summed E-state index contributed by atoms with van der Waals surface area (Å²) < 4.78 is 1.21. The van der Waals surface area contributed by atoms with Gasteiger partial charge in [0.25, 0.3) is 0 Å². The van der Waals surface area contributed by atoms with Gasteiger partial charge in [0.15, 0.2) is 5.78 Å². The van der Waals surface area contributed by atoms with Crippen LogP contribution < -0.4 is 0 Å². The first-order chi connectivity index (χ1) is 9.67. The molecule has 1 aliphatic rings. The van der Waals surface area contributed by atoms with E-state index in [-0.39, 0.29) is 11.8 Å². The van der Waals surface area contributed by atoms with Gasteiger partial charge in [-0.15, -0.1) is 23.1 Å². The first-order valence-corrected chi connectivity index (χ1v) is 8.58. The number of nitrogens with zero attached hydrogens (tertiary/aromatic N) is 2. The molecule has 1 aromatic carbocycles. The SMILES string of the molecule is CCCc1ccc2nc(C3=N[C@@H](C(C)=O)CS3)sc2c1. The number of aromatic nitrogens is 1. The standard InChI is InChI=1S/C15H16N2OS2/c1-3-4-10-5-6-11-13(7-10)20-15(16-11)14-17-12(8-19-14)9(2)18/h5-7,12H,3-4,8H2,1-2H3/t12-/m1/s1. The number of ketones is 1. The van der Waals surface area contributed by atoms with Crippen LogP contribution in [0.3, 0.4) is 0 Å². The molecule has 104 valence electrons. The van der Waals surface area contributed by atoms with Gasteiger partial charge in [0.1, 0.15) is 16.1 Å². The lowest BCUT2D eigenvalue weighted by molar-refractivity contribution is -0.117. The Hall–Kier alpha value is -1.20. The van der Waals surface area contributed by atoms with E-state index in [1.54, 1.807) is 30.0 Å². The van der Waals surface area contributed by atoms with Crippen LogP contribution in [0.5, 0.6) is 0 Å². The van der Waals surface area contributed by atoms with E-state index in [2.05, 4.69) is 35.1 Å². The van der Waals surface area contributed by atoms with Crippen LogP contribution in [-0.2, 0) is 11.2 Å². The Kier molecular flexibility index (Phi) is 3.89. The molecule has 20 heavy (non-hydrogen) atoms. The number of carbonyl (C=O) groups excluding carboxylic acids is 1. The molecule has 0 fully saturated rings. The van der Waals surface area contributed by atoms with Crippen molar-refractivity contribution >= 4 is 44.1 Å². The first kappa shape index (κ1) is 13.8. The second-order valence-corrected chi connectivity index (χ2v) is 6.98. The topological polar surface area (TPSA) is 42.3 Å². The molecule has 0 spiro atoms. The molecule has 3 nitrogen and oxygen atoms in total. The maximum absolute atomic E-state index is 11.4. The van der Waals surface area contributed by atoms with Crippen molar-refractivity contribution in [2.24, 2.45) is 4.99 Å². The molecule has 0 aliphatic carbocycles. The molecule has 0 unspecified atom stereocenters. The number of carbonyl (C=O) groups is 1. The molecule has 0 bridgehead atoms. The quantitative estimate of drug-likeness (QED) is 0.865. The van der Waals surface area contributed by atoms with E-state index in [9.17, 15) is 4.79 Å². The van der Waals surface area contributed by atoms with Gasteiger partial charge in [0, 0.05) is 5.75 Å². The van der Waals surface area contributed by atoms with E-state index < -0.39 is 0 Å². The summed E-state index contributed by atoms with van der Waals surface area (Å²) in [4.78, 5) is 20.5. The molecule has 0 radical (unpaired) electrons. The van der Waals surface area contributed by atoms with Crippen LogP contribution in [0.4, 0.5) is 0 Å². The summed E-state index contributed by atoms with van der Waals surface area (Å²) in [6.07, 6.45) is 2.26. The van der Waals surface area contributed by atoms with Gasteiger partial charge < -0.3 is 0 Å². The molecular weight excluding hydrogens is 288 g/mol. The highest BCUT2D eigenvalue weighted by Gasteiger charge is 2.24. The zero-order valence-electron chi connectivity index (χ0n) is 11.5. The van der Waals surface area contributed by atoms with Crippen LogP contribution in [-0.4, -0.2) is 27.6 Å². The molecule has 2 heterocycles. The molecule has 0 N–H and O–H groups in total. The fourth-order valence-corrected chi connectivity index (χ4v) is 4.42. The number of hydrogen-bond donors (Lipinski definition) is 0. The van der Waals surface area contributed by atoms with Gasteiger partial charge in [0.2, 0.25) is 0 Å². The molecule has 1 atom stereocenters. The molecule has 2 aromatic rings. The fourth-order valence-electron chi connectivity index (χ4n) is 2.20. The Balaban J connectivity index is 1.93. The van der Waals surface area contributed by atoms with Crippen LogP contribution >= 0.6 is 23.1 Å². The third kappa shape index (κ3) is 2.65. The van der Waals surface area contributed by atoms with E-state index in [1.807, 2.05) is 0 Å². The number of hydrogen-bond acceptors (Lipinski definition) is 5. The Labute approximate surface area is 126 Å². The number of thioether (sulfide) groups is 1. The smallest absolute Gasteiger partial charge is 0.155 e. The van der Waals surface area contributed by atoms with Crippen molar-refractivity contribution < 1.29 is 4.79 Å². The Bertz CT molecular complexity index is 690. The molecule has 3 rings (SSSR count). The summed E-state index contributed by atoms with van der Waals surface area (Å²) in [6, 6.07) is 6.28. The molecule has 0 saturated carbocycles. The highest BCUT2D eigenvalue weighted by atomic mass is 32.2. The highest BCUT2D eigenvalue weighted by molar-refractivity contribution is 8.15. The van der Waals surface area contributed by atoms with Crippen molar-refractivity contribution in [1.82, 2.24) is 4.98 Å². The van der Waals surface area contributed by atoms with Gasteiger partial charge in [-0.3, -0.25) is 9.79 Å². The number of aliphatic imine (C=N–C) groups is 1. The summed E-state index contributed by atoms with van der Waals surface area (Å²) in [5.41, 5.74) is 2.39. The average Bonchev–Trinajstić information content (AvgIpc) is 3.05. The van der Waals surface area contributed by atoms with Crippen molar-refractivity contribution in [3.05, 3.63) is 28.8 Å². The van der Waals surface area contributed by atoms with Crippen molar-refractivity contribution in [3.8, 4) is 0 Å². The van der Waals surface area contributed by atoms with E-state index >= 15 is 0 Å². The van der Waals surface area contributed by atoms with E-state index in [1.165, 1.54) is 10.3 Å². The highest BCUT2D eigenvalue weighted by Crippen LogP contribution is 2.30. The van der Waals surface area contributed by atoms with Crippen molar-refractivity contribution in [2.75, 3.05) is 5.75 Å². The van der Waals surface area contributed by atoms with Gasteiger partial charge in [-0.1, -0.05) is 19.4 Å². The number of fused-ring (bicyclic) bond motifs is 1. The second-order valence-electron chi connectivity index (χ2n) is 4.94. The number of rotatable bonds is 4. The van der Waals surface area contributed by atoms with Crippen LogP contribution in [0.2, 0.25) is 0 Å². The van der Waals surface area contributed by atoms with Gasteiger partial charge in [-0.2, -0.15) is 0 Å².